The smallest absolute Gasteiger partial charge is 0.341 e. The molecule has 5 nitrogen and oxygen atoms in total. The molecule has 0 N–H and O–H groups in total. The summed E-state index contributed by atoms with van der Waals surface area (Å²) in [6.45, 7) is 7.73. The van der Waals surface area contributed by atoms with Gasteiger partial charge >= 0.3 is 5.97 Å². The number of nitriles is 1. The maximum Gasteiger partial charge on any atom is 0.341 e. The van der Waals surface area contributed by atoms with Crippen molar-refractivity contribution in [2.45, 2.75) is 39.3 Å². The number of benzene rings is 2. The van der Waals surface area contributed by atoms with Gasteiger partial charge in [0, 0.05) is 12.1 Å². The predicted molar refractivity (Wildman–Crippen MR) is 122 cm³/mol. The molecule has 1 aliphatic rings. The summed E-state index contributed by atoms with van der Waals surface area (Å²) in [5.74, 6) is -0.566. The number of piperidine rings is 1. The molecule has 0 aromatic heterocycles. The molecule has 1 saturated heterocycles. The molecule has 0 saturated carbocycles. The normalized spacial score (nSPS) is 15.2. The zero-order chi connectivity index (χ0) is 24.0. The molecule has 0 radical (unpaired) electrons. The molecule has 2 aromatic carbocycles. The summed E-state index contributed by atoms with van der Waals surface area (Å²) in [6, 6.07) is 11.8. The van der Waals surface area contributed by atoms with Crippen molar-refractivity contribution in [3.05, 3.63) is 53.3 Å². The molecule has 0 aliphatic carbocycles. The third-order valence-corrected chi connectivity index (χ3v) is 5.71. The van der Waals surface area contributed by atoms with Gasteiger partial charge in [-0.25, -0.2) is 13.6 Å². The highest BCUT2D eigenvalue weighted by Crippen LogP contribution is 2.29. The Balaban J connectivity index is 1.61. The molecule has 2 aromatic rings. The van der Waals surface area contributed by atoms with Gasteiger partial charge in [0.1, 0.15) is 17.5 Å². The number of hydrogen-bond donors (Lipinski definition) is 0. The Labute approximate surface area is 193 Å². The largest absolute Gasteiger partial charge is 0.493 e. The first-order valence-electron chi connectivity index (χ1n) is 11.3. The van der Waals surface area contributed by atoms with Crippen LogP contribution in [0.5, 0.6) is 5.75 Å². The van der Waals surface area contributed by atoms with Crippen molar-refractivity contribution in [3.8, 4) is 22.9 Å². The van der Waals surface area contributed by atoms with E-state index in [4.69, 9.17) is 9.47 Å². The highest BCUT2D eigenvalue weighted by molar-refractivity contribution is 5.91. The number of rotatable bonds is 8. The monoisotopic (exact) mass is 456 g/mol. The number of carbonyl (C=O) groups excluding carboxylic acids is 1. The van der Waals surface area contributed by atoms with Crippen LogP contribution in [0, 0.1) is 23.1 Å². The van der Waals surface area contributed by atoms with Crippen LogP contribution < -0.4 is 4.74 Å². The second kappa shape index (κ2) is 10.8. The predicted octanol–water partition coefficient (Wildman–Crippen LogP) is 5.38. The molecule has 0 atom stereocenters. The molecule has 0 bridgehead atoms. The van der Waals surface area contributed by atoms with Gasteiger partial charge in [0.25, 0.3) is 0 Å². The first-order chi connectivity index (χ1) is 15.7. The molecular formula is C26H30F2N2O3. The van der Waals surface area contributed by atoms with Gasteiger partial charge in [-0.15, -0.1) is 0 Å². The van der Waals surface area contributed by atoms with Crippen LogP contribution >= 0.6 is 0 Å². The Hall–Kier alpha value is -2.98. The Morgan fingerprint density at radius 2 is 1.85 bits per heavy atom. The van der Waals surface area contributed by atoms with E-state index < -0.39 is 17.5 Å². The van der Waals surface area contributed by atoms with Gasteiger partial charge in [0.2, 0.25) is 0 Å². The fourth-order valence-corrected chi connectivity index (χ4v) is 4.08. The number of alkyl halides is 1. The fourth-order valence-electron chi connectivity index (χ4n) is 4.08. The van der Waals surface area contributed by atoms with E-state index in [0.717, 1.165) is 25.9 Å². The second-order valence-electron chi connectivity index (χ2n) is 8.96. The fraction of sp³-hybridized carbons (Fsp3) is 0.462. The highest BCUT2D eigenvalue weighted by atomic mass is 19.1. The van der Waals surface area contributed by atoms with Crippen molar-refractivity contribution in [2.75, 3.05) is 32.8 Å². The molecule has 1 heterocycles. The van der Waals surface area contributed by atoms with E-state index in [1.807, 2.05) is 6.07 Å². The van der Waals surface area contributed by atoms with E-state index in [-0.39, 0.29) is 17.7 Å². The average molecular weight is 457 g/mol. The van der Waals surface area contributed by atoms with Crippen LogP contribution in [-0.2, 0) is 4.74 Å². The van der Waals surface area contributed by atoms with Crippen LogP contribution in [-0.4, -0.2) is 49.4 Å². The number of likely N-dealkylation sites (tertiary alicyclic amines) is 1. The van der Waals surface area contributed by atoms with Gasteiger partial charge in [0.15, 0.2) is 5.82 Å². The summed E-state index contributed by atoms with van der Waals surface area (Å²) in [5.41, 5.74) is -0.581. The van der Waals surface area contributed by atoms with Gasteiger partial charge in [-0.3, -0.25) is 0 Å². The summed E-state index contributed by atoms with van der Waals surface area (Å²) in [6.07, 6.45) is 1.93. The van der Waals surface area contributed by atoms with E-state index in [1.165, 1.54) is 6.07 Å². The molecule has 1 aliphatic heterocycles. The first-order valence-corrected chi connectivity index (χ1v) is 11.3. The van der Waals surface area contributed by atoms with Crippen LogP contribution in [0.25, 0.3) is 11.1 Å². The first kappa shape index (κ1) is 24.7. The van der Waals surface area contributed by atoms with Crippen LogP contribution in [0.4, 0.5) is 8.78 Å². The quantitative estimate of drug-likeness (QED) is 0.499. The Morgan fingerprint density at radius 3 is 2.42 bits per heavy atom. The van der Waals surface area contributed by atoms with Crippen molar-refractivity contribution < 1.29 is 23.0 Å². The zero-order valence-electron chi connectivity index (χ0n) is 19.4. The lowest BCUT2D eigenvalue weighted by Gasteiger charge is -2.34. The maximum absolute atomic E-state index is 14.7. The SMILES string of the molecule is CCOC(=O)c1ccc(-c2ccc(OCC3CCN(CC(C)(C)F)CC3)cc2)c(C#N)c1F. The summed E-state index contributed by atoms with van der Waals surface area (Å²) in [4.78, 5) is 14.1. The van der Waals surface area contributed by atoms with Gasteiger partial charge in [-0.05, 0) is 76.4 Å². The van der Waals surface area contributed by atoms with Crippen molar-refractivity contribution >= 4 is 5.97 Å². The third-order valence-electron chi connectivity index (χ3n) is 5.71. The standard InChI is InChI=1S/C26H30F2N2O3/c1-4-32-25(31)22-10-9-21(23(15-29)24(22)27)19-5-7-20(8-6-19)33-16-18-11-13-30(14-12-18)17-26(2,3)28/h5-10,18H,4,11-14,16-17H2,1-3H3. The lowest BCUT2D eigenvalue weighted by Crippen LogP contribution is -2.41. The van der Waals surface area contributed by atoms with E-state index in [9.17, 15) is 18.8 Å². The molecule has 176 valence electrons. The van der Waals surface area contributed by atoms with E-state index in [2.05, 4.69) is 4.90 Å². The Kier molecular flexibility index (Phi) is 8.04. The number of ether oxygens (including phenoxy) is 2. The number of hydrogen-bond acceptors (Lipinski definition) is 5. The minimum Gasteiger partial charge on any atom is -0.493 e. The molecule has 3 rings (SSSR count). The third kappa shape index (κ3) is 6.52. The van der Waals surface area contributed by atoms with E-state index >= 15 is 0 Å². The summed E-state index contributed by atoms with van der Waals surface area (Å²) >= 11 is 0. The van der Waals surface area contributed by atoms with Gasteiger partial charge < -0.3 is 14.4 Å². The second-order valence-corrected chi connectivity index (χ2v) is 8.96. The maximum atomic E-state index is 14.7. The van der Waals surface area contributed by atoms with Crippen LogP contribution in [0.15, 0.2) is 36.4 Å². The van der Waals surface area contributed by atoms with Crippen molar-refractivity contribution in [1.82, 2.24) is 4.90 Å². The number of halogens is 2. The number of carbonyl (C=O) groups is 1. The van der Waals surface area contributed by atoms with Gasteiger partial charge in [-0.1, -0.05) is 18.2 Å². The Bertz CT molecular complexity index is 1000. The van der Waals surface area contributed by atoms with Gasteiger partial charge in [-0.2, -0.15) is 5.26 Å². The van der Waals surface area contributed by atoms with E-state index in [0.29, 0.717) is 35.9 Å². The minimum absolute atomic E-state index is 0.123. The molecule has 0 amide bonds. The lowest BCUT2D eigenvalue weighted by atomic mass is 9.96. The topological polar surface area (TPSA) is 62.6 Å². The summed E-state index contributed by atoms with van der Waals surface area (Å²) in [7, 11) is 0. The minimum atomic E-state index is -1.18. The van der Waals surface area contributed by atoms with Crippen LogP contribution in [0.2, 0.25) is 0 Å². The molecule has 7 heteroatoms. The molecule has 33 heavy (non-hydrogen) atoms. The van der Waals surface area contributed by atoms with E-state index in [1.54, 1.807) is 51.1 Å². The van der Waals surface area contributed by atoms with Crippen LogP contribution in [0.3, 0.4) is 0 Å². The lowest BCUT2D eigenvalue weighted by molar-refractivity contribution is 0.0521. The molecule has 0 unspecified atom stereocenters. The van der Waals surface area contributed by atoms with Gasteiger partial charge in [0.05, 0.1) is 24.3 Å². The highest BCUT2D eigenvalue weighted by Gasteiger charge is 2.25. The summed E-state index contributed by atoms with van der Waals surface area (Å²) in [5, 5.41) is 9.47. The zero-order valence-corrected chi connectivity index (χ0v) is 19.4. The van der Waals surface area contributed by atoms with Crippen LogP contribution in [0.1, 0.15) is 49.5 Å². The number of esters is 1. The average Bonchev–Trinajstić information content (AvgIpc) is 2.78. The number of nitrogens with zero attached hydrogens (tertiary/aromatic N) is 2. The van der Waals surface area contributed by atoms with Crippen molar-refractivity contribution in [2.24, 2.45) is 5.92 Å². The van der Waals surface area contributed by atoms with Crippen molar-refractivity contribution in [3.63, 3.8) is 0 Å². The molecular weight excluding hydrogens is 426 g/mol. The Morgan fingerprint density at radius 1 is 1.18 bits per heavy atom. The summed E-state index contributed by atoms with van der Waals surface area (Å²) < 4.78 is 39.4. The molecule has 1 fully saturated rings. The molecule has 0 spiro atoms. The van der Waals surface area contributed by atoms with Crippen molar-refractivity contribution in [1.29, 1.82) is 5.26 Å².